The Bertz CT molecular complexity index is 2340. The first-order valence-electron chi connectivity index (χ1n) is 17.1. The highest BCUT2D eigenvalue weighted by Gasteiger charge is 2.48. The van der Waals surface area contributed by atoms with E-state index >= 15 is 0 Å². The monoisotopic (exact) mass is 702 g/mol. The molecule has 0 radical (unpaired) electrons. The molecule has 2 N–H and O–H groups in total. The van der Waals surface area contributed by atoms with Crippen LogP contribution in [0.25, 0.3) is 54.9 Å². The van der Waals surface area contributed by atoms with Crippen molar-refractivity contribution < 1.29 is 19.7 Å². The van der Waals surface area contributed by atoms with Crippen LogP contribution in [-0.4, -0.2) is 36.6 Å². The van der Waals surface area contributed by atoms with Gasteiger partial charge >= 0.3 is 0 Å². The molecule has 1 aliphatic rings. The van der Waals surface area contributed by atoms with Crippen LogP contribution in [0.4, 0.5) is 0 Å². The molecule has 2 heterocycles. The van der Waals surface area contributed by atoms with E-state index in [9.17, 15) is 10.2 Å². The number of ether oxygens (including phenoxy) is 2. The fourth-order valence-electron chi connectivity index (χ4n) is 7.94. The zero-order valence-corrected chi connectivity index (χ0v) is 29.3. The zero-order valence-electron chi connectivity index (χ0n) is 27.7. The minimum Gasteiger partial charge on any atom is -0.491 e. The highest BCUT2D eigenvalue weighted by atomic mass is 32.1. The average Bonchev–Trinajstić information content (AvgIpc) is 3.97. The first-order chi connectivity index (χ1) is 25.2. The molecule has 2 aromatic heterocycles. The summed E-state index contributed by atoms with van der Waals surface area (Å²) in [7, 11) is 0. The van der Waals surface area contributed by atoms with E-state index in [0.717, 1.165) is 33.0 Å². The minimum atomic E-state index is -0.636. The van der Waals surface area contributed by atoms with Crippen LogP contribution in [0.2, 0.25) is 0 Å². The summed E-state index contributed by atoms with van der Waals surface area (Å²) in [5.41, 5.74) is 11.7. The highest BCUT2D eigenvalue weighted by molar-refractivity contribution is 7.08. The summed E-state index contributed by atoms with van der Waals surface area (Å²) in [5.74, 6) is 1.49. The Hall–Kier alpha value is -5.24. The molecule has 6 heteroatoms. The van der Waals surface area contributed by atoms with Crippen LogP contribution in [0.5, 0.6) is 11.5 Å². The largest absolute Gasteiger partial charge is 0.491 e. The molecule has 4 nitrogen and oxygen atoms in total. The second-order valence-electron chi connectivity index (χ2n) is 12.8. The summed E-state index contributed by atoms with van der Waals surface area (Å²) in [6, 6.07) is 44.0. The molecule has 250 valence electrons. The number of aliphatic hydroxyl groups is 2. The molecule has 8 aromatic rings. The maximum atomic E-state index is 9.33. The number of fused-ring (bicyclic) bond motifs is 5. The molecule has 0 aliphatic heterocycles. The van der Waals surface area contributed by atoms with Crippen LogP contribution in [-0.2, 0) is 5.41 Å². The Morgan fingerprint density at radius 3 is 1.37 bits per heavy atom. The Labute approximate surface area is 304 Å². The van der Waals surface area contributed by atoms with Gasteiger partial charge in [0.1, 0.15) is 24.7 Å². The van der Waals surface area contributed by atoms with Gasteiger partial charge in [-0.1, -0.05) is 72.8 Å². The Morgan fingerprint density at radius 2 is 0.941 bits per heavy atom. The van der Waals surface area contributed by atoms with Crippen LogP contribution in [0.15, 0.2) is 143 Å². The van der Waals surface area contributed by atoms with Gasteiger partial charge in [-0.3, -0.25) is 0 Å². The molecule has 0 spiro atoms. The van der Waals surface area contributed by atoms with Crippen molar-refractivity contribution in [2.75, 3.05) is 26.4 Å². The van der Waals surface area contributed by atoms with Gasteiger partial charge in [-0.15, -0.1) is 0 Å². The Balaban J connectivity index is 1.37. The molecule has 0 amide bonds. The third-order valence-electron chi connectivity index (χ3n) is 10.1. The average molecular weight is 703 g/mol. The SMILES string of the molecule is OCCOc1ccc2cc(C3(c4ccc5cc(OCCO)ccc5c4)c4cccc(-c5ccsc5)c4-c4c(-c5ccsc5)cccc43)ccc2c1. The number of hydrogen-bond acceptors (Lipinski definition) is 6. The molecule has 1 aliphatic carbocycles. The van der Waals surface area contributed by atoms with Gasteiger partial charge in [-0.25, -0.2) is 0 Å². The lowest BCUT2D eigenvalue weighted by molar-refractivity contribution is 0.201. The van der Waals surface area contributed by atoms with E-state index in [0.29, 0.717) is 0 Å². The van der Waals surface area contributed by atoms with Crippen LogP contribution in [0.1, 0.15) is 22.3 Å². The third-order valence-corrected chi connectivity index (χ3v) is 11.4. The fraction of sp³-hybridized carbons (Fsp3) is 0.111. The maximum absolute atomic E-state index is 9.33. The van der Waals surface area contributed by atoms with Crippen molar-refractivity contribution in [3.8, 4) is 44.9 Å². The van der Waals surface area contributed by atoms with Crippen molar-refractivity contribution in [2.24, 2.45) is 0 Å². The molecule has 0 saturated heterocycles. The number of thiophene rings is 2. The van der Waals surface area contributed by atoms with Crippen molar-refractivity contribution in [3.05, 3.63) is 165 Å². The van der Waals surface area contributed by atoms with Gasteiger partial charge in [0.25, 0.3) is 0 Å². The topological polar surface area (TPSA) is 58.9 Å². The standard InChI is InChI=1S/C45H34O4S2/c46-17-19-48-37-13-9-29-23-35(11-7-31(29)25-37)45(36-12-8-32-26-38(49-20-18-47)14-10-30(32)24-36)41-5-1-3-39(33-15-21-50-27-33)43(41)44-40(4-2-6-42(44)45)34-16-22-51-28-34/h1-16,21-28,46-47H,17-20H2. The molecule has 6 aromatic carbocycles. The summed E-state index contributed by atoms with van der Waals surface area (Å²) < 4.78 is 11.5. The number of hydrogen-bond donors (Lipinski definition) is 2. The van der Waals surface area contributed by atoms with Crippen LogP contribution < -0.4 is 9.47 Å². The van der Waals surface area contributed by atoms with Gasteiger partial charge in [-0.2, -0.15) is 22.7 Å². The first-order valence-corrected chi connectivity index (χ1v) is 19.0. The predicted molar refractivity (Wildman–Crippen MR) is 211 cm³/mol. The van der Waals surface area contributed by atoms with Gasteiger partial charge in [0, 0.05) is 0 Å². The molecule has 0 fully saturated rings. The highest BCUT2D eigenvalue weighted by Crippen LogP contribution is 2.61. The summed E-state index contributed by atoms with van der Waals surface area (Å²) in [6.45, 7) is 0.468. The van der Waals surface area contributed by atoms with E-state index in [2.05, 4.69) is 119 Å². The van der Waals surface area contributed by atoms with Gasteiger partial charge < -0.3 is 19.7 Å². The molecule has 51 heavy (non-hydrogen) atoms. The quantitative estimate of drug-likeness (QED) is 0.149. The van der Waals surface area contributed by atoms with Crippen LogP contribution >= 0.6 is 22.7 Å². The third kappa shape index (κ3) is 5.26. The lowest BCUT2D eigenvalue weighted by Gasteiger charge is -2.34. The first kappa shape index (κ1) is 31.7. The molecular weight excluding hydrogens is 669 g/mol. The number of aliphatic hydroxyl groups excluding tert-OH is 2. The van der Waals surface area contributed by atoms with Crippen LogP contribution in [0.3, 0.4) is 0 Å². The lowest BCUT2D eigenvalue weighted by Crippen LogP contribution is -2.28. The van der Waals surface area contributed by atoms with Crippen molar-refractivity contribution in [2.45, 2.75) is 5.41 Å². The van der Waals surface area contributed by atoms with Gasteiger partial charge in [0.15, 0.2) is 0 Å². The van der Waals surface area contributed by atoms with Crippen molar-refractivity contribution in [3.63, 3.8) is 0 Å². The molecule has 0 atom stereocenters. The van der Waals surface area contributed by atoms with Crippen LogP contribution in [0, 0.1) is 0 Å². The molecular formula is C45H34O4S2. The molecule has 9 rings (SSSR count). The second-order valence-corrected chi connectivity index (χ2v) is 14.4. The van der Waals surface area contributed by atoms with Gasteiger partial charge in [0.2, 0.25) is 0 Å². The zero-order chi connectivity index (χ0) is 34.4. The fourth-order valence-corrected chi connectivity index (χ4v) is 9.25. The molecule has 0 unspecified atom stereocenters. The smallest absolute Gasteiger partial charge is 0.120 e. The molecule has 0 bridgehead atoms. The number of rotatable bonds is 10. The van der Waals surface area contributed by atoms with E-state index in [1.54, 1.807) is 22.7 Å². The summed E-state index contributed by atoms with van der Waals surface area (Å²) >= 11 is 3.45. The van der Waals surface area contributed by atoms with E-state index in [-0.39, 0.29) is 26.4 Å². The van der Waals surface area contributed by atoms with E-state index in [4.69, 9.17) is 9.47 Å². The van der Waals surface area contributed by atoms with E-state index in [1.165, 1.54) is 55.6 Å². The summed E-state index contributed by atoms with van der Waals surface area (Å²) in [5, 5.41) is 31.9. The van der Waals surface area contributed by atoms with E-state index < -0.39 is 5.41 Å². The van der Waals surface area contributed by atoms with Gasteiger partial charge in [-0.05, 0) is 147 Å². The summed E-state index contributed by atoms with van der Waals surface area (Å²) in [4.78, 5) is 0. The Morgan fingerprint density at radius 1 is 0.490 bits per heavy atom. The number of benzene rings is 6. The predicted octanol–water partition coefficient (Wildman–Crippen LogP) is 10.6. The maximum Gasteiger partial charge on any atom is 0.120 e. The Kier molecular flexibility index (Phi) is 8.17. The van der Waals surface area contributed by atoms with Crippen molar-refractivity contribution in [1.29, 1.82) is 0 Å². The summed E-state index contributed by atoms with van der Waals surface area (Å²) in [6.07, 6.45) is 0. The second kappa shape index (κ2) is 13.1. The minimum absolute atomic E-state index is 0.0260. The lowest BCUT2D eigenvalue weighted by atomic mass is 9.67. The van der Waals surface area contributed by atoms with E-state index in [1.807, 2.05) is 24.3 Å². The molecule has 0 saturated carbocycles. The van der Waals surface area contributed by atoms with Crippen molar-refractivity contribution >= 4 is 44.2 Å². The van der Waals surface area contributed by atoms with Gasteiger partial charge in [0.05, 0.1) is 18.6 Å². The normalized spacial score (nSPS) is 13.0. The van der Waals surface area contributed by atoms with Crippen molar-refractivity contribution in [1.82, 2.24) is 0 Å².